The highest BCUT2D eigenvalue weighted by Crippen LogP contribution is 2.45. The summed E-state index contributed by atoms with van der Waals surface area (Å²) in [5, 5.41) is 39.1. The third-order valence-electron chi connectivity index (χ3n) is 10.8. The highest BCUT2D eigenvalue weighted by Gasteiger charge is 2.31. The van der Waals surface area contributed by atoms with Crippen molar-refractivity contribution in [1.29, 1.82) is 15.8 Å². The maximum absolute atomic E-state index is 10.9. The number of aryl methyl sites for hydroxylation is 1. The van der Waals surface area contributed by atoms with Crippen molar-refractivity contribution in [1.82, 2.24) is 9.13 Å². The number of benzene rings is 7. The molecule has 1 N–H and O–H groups in total. The Morgan fingerprint density at radius 2 is 1.22 bits per heavy atom. The van der Waals surface area contributed by atoms with E-state index in [4.69, 9.17) is 4.99 Å². The minimum absolute atomic E-state index is 0.343. The topological polar surface area (TPSA) is 106 Å². The summed E-state index contributed by atoms with van der Waals surface area (Å²) >= 11 is 0. The molecule has 0 saturated heterocycles. The molecule has 7 nitrogen and oxygen atoms in total. The molecule has 0 fully saturated rings. The van der Waals surface area contributed by atoms with Gasteiger partial charge in [-0.3, -0.25) is 4.99 Å². The summed E-state index contributed by atoms with van der Waals surface area (Å²) in [6.45, 7) is 2.01. The Kier molecular flexibility index (Phi) is 7.14. The Morgan fingerprint density at radius 1 is 0.564 bits per heavy atom. The van der Waals surface area contributed by atoms with Gasteiger partial charge in [-0.25, -0.2) is 0 Å². The number of nitrogens with zero attached hydrogens (tertiary/aromatic N) is 6. The van der Waals surface area contributed by atoms with Crippen LogP contribution in [0, 0.1) is 40.9 Å². The second-order valence-electron chi connectivity index (χ2n) is 13.8. The molecule has 0 bridgehead atoms. The fourth-order valence-corrected chi connectivity index (χ4v) is 8.51. The van der Waals surface area contributed by atoms with Crippen molar-refractivity contribution in [2.75, 3.05) is 5.32 Å². The Hall–Kier alpha value is -7.92. The fourth-order valence-electron chi connectivity index (χ4n) is 8.51. The van der Waals surface area contributed by atoms with E-state index >= 15 is 0 Å². The molecule has 7 aromatic carbocycles. The van der Waals surface area contributed by atoms with E-state index in [0.29, 0.717) is 33.8 Å². The summed E-state index contributed by atoms with van der Waals surface area (Å²) < 4.78 is 4.61. The predicted octanol–water partition coefficient (Wildman–Crippen LogP) is 10.8. The van der Waals surface area contributed by atoms with Crippen LogP contribution in [0.4, 0.5) is 5.69 Å². The lowest BCUT2D eigenvalue weighted by atomic mass is 9.86. The first-order chi connectivity index (χ1) is 27.1. The average Bonchev–Trinajstić information content (AvgIpc) is 3.76. The summed E-state index contributed by atoms with van der Waals surface area (Å²) in [5.41, 5.74) is 11.1. The van der Waals surface area contributed by atoms with Crippen LogP contribution in [0.5, 0.6) is 0 Å². The second-order valence-corrected chi connectivity index (χ2v) is 13.8. The number of para-hydroxylation sites is 3. The van der Waals surface area contributed by atoms with Crippen LogP contribution in [-0.2, 0) is 0 Å². The van der Waals surface area contributed by atoms with Crippen molar-refractivity contribution in [3.8, 4) is 29.6 Å². The van der Waals surface area contributed by atoms with E-state index in [2.05, 4.69) is 124 Å². The molecule has 2 aromatic heterocycles. The number of amidine groups is 1. The molecule has 0 radical (unpaired) electrons. The van der Waals surface area contributed by atoms with Crippen molar-refractivity contribution in [2.45, 2.75) is 13.0 Å². The van der Waals surface area contributed by atoms with E-state index in [1.165, 1.54) is 10.8 Å². The Bertz CT molecular complexity index is 3220. The summed E-state index contributed by atoms with van der Waals surface area (Å²) in [6.07, 6.45) is 0. The zero-order chi connectivity index (χ0) is 37.2. The van der Waals surface area contributed by atoms with Crippen molar-refractivity contribution in [3.63, 3.8) is 0 Å². The Balaban J connectivity index is 1.25. The van der Waals surface area contributed by atoms with Gasteiger partial charge in [-0.05, 0) is 67.1 Å². The lowest BCUT2D eigenvalue weighted by Gasteiger charge is -2.28. The molecule has 1 atom stereocenters. The summed E-state index contributed by atoms with van der Waals surface area (Å²) in [4.78, 5) is 5.19. The zero-order valence-electron chi connectivity index (χ0n) is 29.6. The molecule has 1 aliphatic heterocycles. The average molecular weight is 704 g/mol. The number of aliphatic imine (C=N–C) groups is 1. The number of anilines is 1. The SMILES string of the molecule is Cc1cc(-n2c3ccccc3c3c2ccc2c4ccccc4n(-c4ccccc4)c23)cc(C#N)c1C1N=C(c2ccccc2)Nc2cc(C#N)cc(C#N)c21. The highest BCUT2D eigenvalue weighted by molar-refractivity contribution is 6.26. The number of nitrogens with one attached hydrogen (secondary N) is 1. The molecule has 9 aromatic rings. The van der Waals surface area contributed by atoms with Gasteiger partial charge in [-0.2, -0.15) is 15.8 Å². The van der Waals surface area contributed by atoms with Crippen molar-refractivity contribution >= 4 is 55.1 Å². The van der Waals surface area contributed by atoms with Crippen LogP contribution < -0.4 is 5.32 Å². The van der Waals surface area contributed by atoms with Crippen LogP contribution in [0.1, 0.15) is 45.0 Å². The van der Waals surface area contributed by atoms with E-state index in [9.17, 15) is 15.8 Å². The molecule has 1 aliphatic rings. The van der Waals surface area contributed by atoms with E-state index in [1.54, 1.807) is 12.1 Å². The van der Waals surface area contributed by atoms with Crippen LogP contribution in [-0.4, -0.2) is 15.0 Å². The summed E-state index contributed by atoms with van der Waals surface area (Å²) in [7, 11) is 0. The van der Waals surface area contributed by atoms with Crippen molar-refractivity contribution in [2.24, 2.45) is 4.99 Å². The van der Waals surface area contributed by atoms with Gasteiger partial charge in [0.2, 0.25) is 0 Å². The first-order valence-electron chi connectivity index (χ1n) is 18.0. The van der Waals surface area contributed by atoms with Gasteiger partial charge in [0, 0.05) is 55.3 Å². The third kappa shape index (κ3) is 4.76. The van der Waals surface area contributed by atoms with Gasteiger partial charge < -0.3 is 14.5 Å². The van der Waals surface area contributed by atoms with Gasteiger partial charge in [0.25, 0.3) is 0 Å². The van der Waals surface area contributed by atoms with E-state index in [1.807, 2.05) is 49.4 Å². The molecule has 1 unspecified atom stereocenters. The molecule has 0 amide bonds. The molecule has 3 heterocycles. The third-order valence-corrected chi connectivity index (χ3v) is 10.8. The largest absolute Gasteiger partial charge is 0.340 e. The van der Waals surface area contributed by atoms with Gasteiger partial charge in [0.1, 0.15) is 11.9 Å². The maximum atomic E-state index is 10.9. The normalized spacial score (nSPS) is 13.6. The minimum atomic E-state index is -0.670. The molecule has 7 heteroatoms. The molecule has 55 heavy (non-hydrogen) atoms. The van der Waals surface area contributed by atoms with E-state index < -0.39 is 6.04 Å². The van der Waals surface area contributed by atoms with Crippen LogP contribution >= 0.6 is 0 Å². The Morgan fingerprint density at radius 3 is 1.95 bits per heavy atom. The maximum Gasteiger partial charge on any atom is 0.133 e. The standard InChI is InChI=1S/C48H29N7/c1-29-22-35(25-33(28-51)43(29)46-44-32(27-50)23-30(26-49)24-39(44)52-48(53-46)31-12-4-2-5-13-31)54-41-19-11-9-17-38(41)45-42(54)21-20-37-36-16-8-10-18-40(36)55(47(37)45)34-14-6-3-7-15-34/h2-25,46H,1H3,(H,52,53). The van der Waals surface area contributed by atoms with Gasteiger partial charge in [-0.1, -0.05) is 91.0 Å². The zero-order valence-corrected chi connectivity index (χ0v) is 29.6. The summed E-state index contributed by atoms with van der Waals surface area (Å²) in [5.74, 6) is 0.602. The molecule has 10 rings (SSSR count). The van der Waals surface area contributed by atoms with Crippen molar-refractivity contribution in [3.05, 3.63) is 185 Å². The molecule has 0 spiro atoms. The first-order valence-corrected chi connectivity index (χ1v) is 18.0. The molecule has 256 valence electrons. The monoisotopic (exact) mass is 703 g/mol. The van der Waals surface area contributed by atoms with Gasteiger partial charge >= 0.3 is 0 Å². The van der Waals surface area contributed by atoms with E-state index in [-0.39, 0.29) is 0 Å². The van der Waals surface area contributed by atoms with Gasteiger partial charge in [0.05, 0.1) is 57.0 Å². The predicted molar refractivity (Wildman–Crippen MR) is 219 cm³/mol. The minimum Gasteiger partial charge on any atom is -0.340 e. The molecular weight excluding hydrogens is 675 g/mol. The van der Waals surface area contributed by atoms with Crippen LogP contribution in [0.2, 0.25) is 0 Å². The highest BCUT2D eigenvalue weighted by atomic mass is 15.1. The summed E-state index contributed by atoms with van der Waals surface area (Å²) in [6, 6.07) is 55.4. The quantitative estimate of drug-likeness (QED) is 0.197. The van der Waals surface area contributed by atoms with Gasteiger partial charge in [0.15, 0.2) is 0 Å². The molecular formula is C48H29N7. The molecule has 0 saturated carbocycles. The number of aromatic nitrogens is 2. The number of rotatable bonds is 4. The second kappa shape index (κ2) is 12.3. The first kappa shape index (κ1) is 31.8. The van der Waals surface area contributed by atoms with Crippen LogP contribution in [0.15, 0.2) is 151 Å². The van der Waals surface area contributed by atoms with Crippen molar-refractivity contribution < 1.29 is 0 Å². The number of nitriles is 3. The fraction of sp³-hybridized carbons (Fsp3) is 0.0417. The lowest BCUT2D eigenvalue weighted by molar-refractivity contribution is 0.845. The Labute approximate surface area is 316 Å². The number of hydrogen-bond donors (Lipinski definition) is 1. The number of hydrogen-bond acceptors (Lipinski definition) is 5. The smallest absolute Gasteiger partial charge is 0.133 e. The van der Waals surface area contributed by atoms with Gasteiger partial charge in [-0.15, -0.1) is 0 Å². The van der Waals surface area contributed by atoms with E-state index in [0.717, 1.165) is 60.9 Å². The van der Waals surface area contributed by atoms with Crippen LogP contribution in [0.3, 0.4) is 0 Å². The van der Waals surface area contributed by atoms with Crippen LogP contribution in [0.25, 0.3) is 55.0 Å². The number of fused-ring (bicyclic) bond motifs is 8. The lowest BCUT2D eigenvalue weighted by Crippen LogP contribution is -2.24. The molecule has 0 aliphatic carbocycles.